The summed E-state index contributed by atoms with van der Waals surface area (Å²) in [6.07, 6.45) is 3.47. The summed E-state index contributed by atoms with van der Waals surface area (Å²) in [5.74, 6) is 2.21. The predicted octanol–water partition coefficient (Wildman–Crippen LogP) is 4.07. The number of para-hydroxylation sites is 1. The van der Waals surface area contributed by atoms with Crippen molar-refractivity contribution in [3.63, 3.8) is 0 Å². The standard InChI is InChI=1S/C25H23N5O3S/c1-17(18-9-10-21-22(14-18)33-13-12-32-21)27-23(31)16-34-25-29-28-24(19-6-5-11-26-15-19)30(25)20-7-3-2-4-8-20/h2-11,14-15,17H,12-13,16H2,1H3,(H,27,31)/t17-/m0/s1. The molecule has 1 N–H and O–H groups in total. The zero-order valence-corrected chi connectivity index (χ0v) is 19.4. The van der Waals surface area contributed by atoms with Crippen LogP contribution in [0.5, 0.6) is 11.5 Å². The van der Waals surface area contributed by atoms with Gasteiger partial charge in [-0.25, -0.2) is 0 Å². The number of pyridine rings is 1. The highest BCUT2D eigenvalue weighted by atomic mass is 32.2. The summed E-state index contributed by atoms with van der Waals surface area (Å²) < 4.78 is 13.2. The predicted molar refractivity (Wildman–Crippen MR) is 129 cm³/mol. The maximum Gasteiger partial charge on any atom is 0.230 e. The summed E-state index contributed by atoms with van der Waals surface area (Å²) >= 11 is 1.34. The second kappa shape index (κ2) is 9.96. The Morgan fingerprint density at radius 1 is 1.06 bits per heavy atom. The van der Waals surface area contributed by atoms with E-state index in [0.717, 1.165) is 22.6 Å². The van der Waals surface area contributed by atoms with Crippen LogP contribution in [0.4, 0.5) is 0 Å². The largest absolute Gasteiger partial charge is 0.486 e. The van der Waals surface area contributed by atoms with Crippen LogP contribution in [0.25, 0.3) is 17.1 Å². The van der Waals surface area contributed by atoms with Gasteiger partial charge in [-0.15, -0.1) is 10.2 Å². The fourth-order valence-corrected chi connectivity index (χ4v) is 4.44. The lowest BCUT2D eigenvalue weighted by Gasteiger charge is -2.21. The van der Waals surface area contributed by atoms with E-state index in [2.05, 4.69) is 20.5 Å². The van der Waals surface area contributed by atoms with Gasteiger partial charge in [0.25, 0.3) is 0 Å². The number of nitrogens with one attached hydrogen (secondary N) is 1. The Balaban J connectivity index is 1.30. The summed E-state index contributed by atoms with van der Waals surface area (Å²) in [6.45, 7) is 3.02. The van der Waals surface area contributed by atoms with Gasteiger partial charge in [0, 0.05) is 23.6 Å². The molecule has 1 atom stereocenters. The van der Waals surface area contributed by atoms with E-state index >= 15 is 0 Å². The fourth-order valence-electron chi connectivity index (χ4n) is 3.68. The first-order chi connectivity index (χ1) is 16.7. The van der Waals surface area contributed by atoms with Gasteiger partial charge in [0.2, 0.25) is 5.91 Å². The van der Waals surface area contributed by atoms with Crippen molar-refractivity contribution in [1.29, 1.82) is 0 Å². The van der Waals surface area contributed by atoms with Gasteiger partial charge in [-0.05, 0) is 48.9 Å². The van der Waals surface area contributed by atoms with E-state index in [0.29, 0.717) is 29.9 Å². The van der Waals surface area contributed by atoms with Gasteiger partial charge in [-0.2, -0.15) is 0 Å². The number of aromatic nitrogens is 4. The van der Waals surface area contributed by atoms with Gasteiger partial charge in [0.05, 0.1) is 11.8 Å². The summed E-state index contributed by atoms with van der Waals surface area (Å²) in [5, 5.41) is 12.4. The minimum Gasteiger partial charge on any atom is -0.486 e. The van der Waals surface area contributed by atoms with Crippen molar-refractivity contribution in [2.45, 2.75) is 18.1 Å². The third-order valence-electron chi connectivity index (χ3n) is 5.34. The molecule has 2 aromatic carbocycles. The molecule has 0 aliphatic carbocycles. The maximum absolute atomic E-state index is 12.8. The number of carbonyl (C=O) groups excluding carboxylic acids is 1. The Bertz CT molecular complexity index is 1280. The highest BCUT2D eigenvalue weighted by molar-refractivity contribution is 7.99. The highest BCUT2D eigenvalue weighted by Crippen LogP contribution is 2.33. The molecular weight excluding hydrogens is 450 g/mol. The Kier molecular flexibility index (Phi) is 6.44. The molecule has 0 radical (unpaired) electrons. The quantitative estimate of drug-likeness (QED) is 0.405. The number of hydrogen-bond acceptors (Lipinski definition) is 7. The third kappa shape index (κ3) is 4.74. The lowest BCUT2D eigenvalue weighted by Crippen LogP contribution is -2.28. The molecule has 0 bridgehead atoms. The first-order valence-corrected chi connectivity index (χ1v) is 11.9. The normalized spacial score (nSPS) is 13.3. The molecule has 2 aromatic heterocycles. The topological polar surface area (TPSA) is 91.2 Å². The number of fused-ring (bicyclic) bond motifs is 1. The number of ether oxygens (including phenoxy) is 2. The molecule has 1 amide bonds. The summed E-state index contributed by atoms with van der Waals surface area (Å²) in [5.41, 5.74) is 2.72. The van der Waals surface area contributed by atoms with Gasteiger partial charge in [-0.3, -0.25) is 14.3 Å². The van der Waals surface area contributed by atoms with Gasteiger partial charge < -0.3 is 14.8 Å². The molecule has 5 rings (SSSR count). The molecule has 0 unspecified atom stereocenters. The van der Waals surface area contributed by atoms with Gasteiger partial charge in [0.1, 0.15) is 13.2 Å². The van der Waals surface area contributed by atoms with Crippen LogP contribution in [0.1, 0.15) is 18.5 Å². The summed E-state index contributed by atoms with van der Waals surface area (Å²) in [7, 11) is 0. The van der Waals surface area contributed by atoms with Crippen LogP contribution in [0.3, 0.4) is 0 Å². The number of benzene rings is 2. The highest BCUT2D eigenvalue weighted by Gasteiger charge is 2.19. The first kappa shape index (κ1) is 22.0. The molecule has 0 saturated heterocycles. The smallest absolute Gasteiger partial charge is 0.230 e. The van der Waals surface area contributed by atoms with Gasteiger partial charge >= 0.3 is 0 Å². The van der Waals surface area contributed by atoms with Crippen molar-refractivity contribution in [1.82, 2.24) is 25.1 Å². The minimum absolute atomic E-state index is 0.0991. The SMILES string of the molecule is C[C@H](NC(=O)CSc1nnc(-c2cccnc2)n1-c1ccccc1)c1ccc2c(c1)OCCO2. The van der Waals surface area contributed by atoms with Crippen LogP contribution in [0.2, 0.25) is 0 Å². The third-order valence-corrected chi connectivity index (χ3v) is 6.27. The number of nitrogens with zero attached hydrogens (tertiary/aromatic N) is 4. The summed E-state index contributed by atoms with van der Waals surface area (Å²) in [4.78, 5) is 17.0. The molecule has 8 nitrogen and oxygen atoms in total. The van der Waals surface area contributed by atoms with Crippen molar-refractivity contribution in [3.05, 3.63) is 78.6 Å². The van der Waals surface area contributed by atoms with E-state index in [1.54, 1.807) is 12.4 Å². The van der Waals surface area contributed by atoms with Crippen molar-refractivity contribution < 1.29 is 14.3 Å². The lowest BCUT2D eigenvalue weighted by atomic mass is 10.1. The number of thioether (sulfide) groups is 1. The molecule has 3 heterocycles. The Hall–Kier alpha value is -3.85. The van der Waals surface area contributed by atoms with Crippen molar-refractivity contribution in [2.24, 2.45) is 0 Å². The van der Waals surface area contributed by atoms with Crippen molar-refractivity contribution >= 4 is 17.7 Å². The van der Waals surface area contributed by atoms with Crippen LogP contribution >= 0.6 is 11.8 Å². The van der Waals surface area contributed by atoms with E-state index in [1.807, 2.05) is 72.2 Å². The zero-order chi connectivity index (χ0) is 23.3. The van der Waals surface area contributed by atoms with Gasteiger partial charge in [-0.1, -0.05) is 36.0 Å². The molecule has 9 heteroatoms. The van der Waals surface area contributed by atoms with E-state index in [9.17, 15) is 4.79 Å². The zero-order valence-electron chi connectivity index (χ0n) is 18.5. The van der Waals surface area contributed by atoms with Crippen LogP contribution < -0.4 is 14.8 Å². The minimum atomic E-state index is -0.179. The van der Waals surface area contributed by atoms with Gasteiger partial charge in [0.15, 0.2) is 22.5 Å². The van der Waals surface area contributed by atoms with Crippen LogP contribution in [-0.2, 0) is 4.79 Å². The summed E-state index contributed by atoms with van der Waals surface area (Å²) in [6, 6.07) is 19.2. The van der Waals surface area contributed by atoms with Crippen LogP contribution in [0, 0.1) is 0 Å². The second-order valence-corrected chi connectivity index (χ2v) is 8.64. The first-order valence-electron chi connectivity index (χ1n) is 10.9. The molecule has 0 spiro atoms. The van der Waals surface area contributed by atoms with Crippen LogP contribution in [-0.4, -0.2) is 44.6 Å². The van der Waals surface area contributed by atoms with Crippen molar-refractivity contribution in [3.8, 4) is 28.6 Å². The Labute approximate surface area is 201 Å². The second-order valence-electron chi connectivity index (χ2n) is 7.70. The molecule has 34 heavy (non-hydrogen) atoms. The van der Waals surface area contributed by atoms with E-state index < -0.39 is 0 Å². The average Bonchev–Trinajstić information content (AvgIpc) is 3.32. The van der Waals surface area contributed by atoms with Crippen LogP contribution in [0.15, 0.2) is 78.2 Å². The van der Waals surface area contributed by atoms with E-state index in [1.165, 1.54) is 11.8 Å². The lowest BCUT2D eigenvalue weighted by molar-refractivity contribution is -0.119. The number of rotatable bonds is 7. The molecule has 4 aromatic rings. The number of hydrogen-bond donors (Lipinski definition) is 1. The molecule has 1 aliphatic heterocycles. The average molecular weight is 474 g/mol. The number of carbonyl (C=O) groups is 1. The fraction of sp³-hybridized carbons (Fsp3) is 0.200. The Morgan fingerprint density at radius 2 is 1.88 bits per heavy atom. The van der Waals surface area contributed by atoms with Crippen molar-refractivity contribution in [2.75, 3.05) is 19.0 Å². The molecule has 0 fully saturated rings. The van der Waals surface area contributed by atoms with E-state index in [4.69, 9.17) is 9.47 Å². The van der Waals surface area contributed by atoms with E-state index in [-0.39, 0.29) is 17.7 Å². The molecule has 0 saturated carbocycles. The Morgan fingerprint density at radius 3 is 2.68 bits per heavy atom. The maximum atomic E-state index is 12.8. The number of amides is 1. The monoisotopic (exact) mass is 473 g/mol. The molecule has 172 valence electrons. The molecule has 1 aliphatic rings. The molecular formula is C25H23N5O3S.